The maximum Gasteiger partial charge on any atom is 0.140 e. The van der Waals surface area contributed by atoms with E-state index in [0.29, 0.717) is 13.1 Å². The molecule has 0 saturated heterocycles. The standard InChI is InChI=1S/C22H18FN3/c23-19-11-12-21-20(13-19)22(25-16-24-21)26(14-17-7-3-1-4-8-17)15-18-9-5-2-6-10-18/h1-13,16H,14-15H2. The van der Waals surface area contributed by atoms with Crippen LogP contribution in [0.15, 0.2) is 85.2 Å². The first kappa shape index (κ1) is 16.2. The van der Waals surface area contributed by atoms with E-state index in [-0.39, 0.29) is 5.82 Å². The van der Waals surface area contributed by atoms with Crippen molar-refractivity contribution in [1.29, 1.82) is 0 Å². The SMILES string of the molecule is Fc1ccc2ncnc(N(Cc3ccccc3)Cc3ccccc3)c2c1. The Kier molecular flexibility index (Phi) is 4.56. The maximum absolute atomic E-state index is 13.9. The van der Waals surface area contributed by atoms with Crippen molar-refractivity contribution < 1.29 is 4.39 Å². The van der Waals surface area contributed by atoms with Gasteiger partial charge in [0.15, 0.2) is 0 Å². The van der Waals surface area contributed by atoms with Gasteiger partial charge in [0.1, 0.15) is 18.0 Å². The van der Waals surface area contributed by atoms with Crippen LogP contribution in [-0.2, 0) is 13.1 Å². The molecule has 0 spiro atoms. The highest BCUT2D eigenvalue weighted by Gasteiger charge is 2.14. The molecule has 3 nitrogen and oxygen atoms in total. The molecule has 0 aliphatic carbocycles. The van der Waals surface area contributed by atoms with Crippen LogP contribution in [-0.4, -0.2) is 9.97 Å². The molecule has 4 aromatic rings. The first-order valence-electron chi connectivity index (χ1n) is 8.53. The molecule has 128 valence electrons. The normalized spacial score (nSPS) is 10.8. The molecule has 3 aromatic carbocycles. The lowest BCUT2D eigenvalue weighted by Crippen LogP contribution is -2.23. The Morgan fingerprint density at radius 1 is 0.731 bits per heavy atom. The second kappa shape index (κ2) is 7.31. The van der Waals surface area contributed by atoms with E-state index in [1.165, 1.54) is 23.3 Å². The van der Waals surface area contributed by atoms with Gasteiger partial charge in [-0.1, -0.05) is 60.7 Å². The van der Waals surface area contributed by atoms with Crippen molar-refractivity contribution in [2.24, 2.45) is 0 Å². The molecule has 0 amide bonds. The van der Waals surface area contributed by atoms with E-state index in [2.05, 4.69) is 39.1 Å². The Balaban J connectivity index is 1.78. The van der Waals surface area contributed by atoms with Crippen molar-refractivity contribution in [3.8, 4) is 0 Å². The molecule has 0 aliphatic heterocycles. The van der Waals surface area contributed by atoms with Gasteiger partial charge in [-0.25, -0.2) is 14.4 Å². The molecule has 1 aromatic heterocycles. The molecule has 0 saturated carbocycles. The molecule has 1 heterocycles. The van der Waals surface area contributed by atoms with Gasteiger partial charge in [-0.15, -0.1) is 0 Å². The molecule has 0 bridgehead atoms. The number of anilines is 1. The van der Waals surface area contributed by atoms with Crippen LogP contribution in [0.5, 0.6) is 0 Å². The number of hydrogen-bond acceptors (Lipinski definition) is 3. The van der Waals surface area contributed by atoms with Crippen molar-refractivity contribution in [1.82, 2.24) is 9.97 Å². The van der Waals surface area contributed by atoms with Crippen LogP contribution in [0.2, 0.25) is 0 Å². The summed E-state index contributed by atoms with van der Waals surface area (Å²) in [6.07, 6.45) is 1.54. The highest BCUT2D eigenvalue weighted by molar-refractivity contribution is 5.89. The smallest absolute Gasteiger partial charge is 0.140 e. The number of halogens is 1. The van der Waals surface area contributed by atoms with Crippen LogP contribution in [0.1, 0.15) is 11.1 Å². The van der Waals surface area contributed by atoms with E-state index in [9.17, 15) is 4.39 Å². The number of hydrogen-bond donors (Lipinski definition) is 0. The number of aromatic nitrogens is 2. The molecule has 0 N–H and O–H groups in total. The molecule has 0 atom stereocenters. The van der Waals surface area contributed by atoms with Gasteiger partial charge in [0.2, 0.25) is 0 Å². The zero-order chi connectivity index (χ0) is 17.8. The van der Waals surface area contributed by atoms with Gasteiger partial charge in [0.05, 0.1) is 5.52 Å². The third-order valence-corrected chi connectivity index (χ3v) is 4.31. The number of benzene rings is 3. The molecule has 0 radical (unpaired) electrons. The molecule has 0 aliphatic rings. The average Bonchev–Trinajstić information content (AvgIpc) is 2.68. The van der Waals surface area contributed by atoms with Crippen LogP contribution in [0.25, 0.3) is 10.9 Å². The van der Waals surface area contributed by atoms with Gasteiger partial charge in [0, 0.05) is 18.5 Å². The summed E-state index contributed by atoms with van der Waals surface area (Å²) in [4.78, 5) is 10.9. The lowest BCUT2D eigenvalue weighted by molar-refractivity contribution is 0.629. The molecule has 0 unspecified atom stereocenters. The van der Waals surface area contributed by atoms with Crippen molar-refractivity contribution >= 4 is 16.7 Å². The summed E-state index contributed by atoms with van der Waals surface area (Å²) in [6, 6.07) is 25.1. The number of fused-ring (bicyclic) bond motifs is 1. The molecular formula is C22H18FN3. The van der Waals surface area contributed by atoms with E-state index >= 15 is 0 Å². The van der Waals surface area contributed by atoms with Crippen molar-refractivity contribution in [3.05, 3.63) is 102 Å². The second-order valence-corrected chi connectivity index (χ2v) is 6.19. The largest absolute Gasteiger partial charge is 0.347 e. The summed E-state index contributed by atoms with van der Waals surface area (Å²) in [6.45, 7) is 1.36. The lowest BCUT2D eigenvalue weighted by atomic mass is 10.1. The number of nitrogens with zero attached hydrogens (tertiary/aromatic N) is 3. The van der Waals surface area contributed by atoms with Gasteiger partial charge in [0.25, 0.3) is 0 Å². The maximum atomic E-state index is 13.9. The van der Waals surface area contributed by atoms with E-state index in [1.54, 1.807) is 12.4 Å². The monoisotopic (exact) mass is 343 g/mol. The summed E-state index contributed by atoms with van der Waals surface area (Å²) < 4.78 is 13.9. The van der Waals surface area contributed by atoms with Gasteiger partial charge < -0.3 is 4.90 Å². The van der Waals surface area contributed by atoms with E-state index in [1.807, 2.05) is 36.4 Å². The highest BCUT2D eigenvalue weighted by Crippen LogP contribution is 2.26. The zero-order valence-electron chi connectivity index (χ0n) is 14.2. The zero-order valence-corrected chi connectivity index (χ0v) is 14.2. The fourth-order valence-corrected chi connectivity index (χ4v) is 3.08. The van der Waals surface area contributed by atoms with E-state index < -0.39 is 0 Å². The van der Waals surface area contributed by atoms with Crippen LogP contribution < -0.4 is 4.90 Å². The number of rotatable bonds is 5. The first-order valence-corrected chi connectivity index (χ1v) is 8.53. The van der Waals surface area contributed by atoms with Crippen LogP contribution >= 0.6 is 0 Å². The van der Waals surface area contributed by atoms with Gasteiger partial charge in [-0.05, 0) is 29.3 Å². The van der Waals surface area contributed by atoms with Gasteiger partial charge in [-0.3, -0.25) is 0 Å². The molecular weight excluding hydrogens is 325 g/mol. The first-order chi connectivity index (χ1) is 12.8. The Morgan fingerprint density at radius 2 is 1.35 bits per heavy atom. The predicted molar refractivity (Wildman–Crippen MR) is 102 cm³/mol. The quantitative estimate of drug-likeness (QED) is 0.512. The third-order valence-electron chi connectivity index (χ3n) is 4.31. The molecule has 4 heteroatoms. The Morgan fingerprint density at radius 3 is 1.96 bits per heavy atom. The molecule has 0 fully saturated rings. The van der Waals surface area contributed by atoms with Gasteiger partial charge in [-0.2, -0.15) is 0 Å². The topological polar surface area (TPSA) is 29.0 Å². The van der Waals surface area contributed by atoms with Crippen molar-refractivity contribution in [2.75, 3.05) is 4.90 Å². The minimum absolute atomic E-state index is 0.284. The lowest BCUT2D eigenvalue weighted by Gasteiger charge is -2.25. The molecule has 4 rings (SSSR count). The minimum atomic E-state index is -0.284. The highest BCUT2D eigenvalue weighted by atomic mass is 19.1. The fraction of sp³-hybridized carbons (Fsp3) is 0.0909. The second-order valence-electron chi connectivity index (χ2n) is 6.19. The van der Waals surface area contributed by atoms with E-state index in [0.717, 1.165) is 16.7 Å². The fourth-order valence-electron chi connectivity index (χ4n) is 3.08. The van der Waals surface area contributed by atoms with Crippen LogP contribution in [0, 0.1) is 5.82 Å². The van der Waals surface area contributed by atoms with Crippen molar-refractivity contribution in [2.45, 2.75) is 13.1 Å². The summed E-state index contributed by atoms with van der Waals surface area (Å²) in [5.74, 6) is 0.454. The van der Waals surface area contributed by atoms with E-state index in [4.69, 9.17) is 0 Å². The molecule has 26 heavy (non-hydrogen) atoms. The van der Waals surface area contributed by atoms with Crippen LogP contribution in [0.3, 0.4) is 0 Å². The minimum Gasteiger partial charge on any atom is -0.347 e. The Bertz CT molecular complexity index is 962. The Hall–Kier alpha value is -3.27. The Labute approximate surface area is 151 Å². The van der Waals surface area contributed by atoms with Crippen molar-refractivity contribution in [3.63, 3.8) is 0 Å². The summed E-state index contributed by atoms with van der Waals surface area (Å²) in [5.41, 5.74) is 3.08. The average molecular weight is 343 g/mol. The predicted octanol–water partition coefficient (Wildman–Crippen LogP) is 4.98. The summed E-state index contributed by atoms with van der Waals surface area (Å²) >= 11 is 0. The van der Waals surface area contributed by atoms with Crippen LogP contribution in [0.4, 0.5) is 10.2 Å². The third kappa shape index (κ3) is 3.54. The summed E-state index contributed by atoms with van der Waals surface area (Å²) in [5, 5.41) is 0.722. The van der Waals surface area contributed by atoms with Gasteiger partial charge >= 0.3 is 0 Å². The summed E-state index contributed by atoms with van der Waals surface area (Å²) in [7, 11) is 0.